The predicted molar refractivity (Wildman–Crippen MR) is 153 cm³/mol. The van der Waals surface area contributed by atoms with Gasteiger partial charge in [-0.1, -0.05) is 39.3 Å². The van der Waals surface area contributed by atoms with Crippen LogP contribution in [0.25, 0.3) is 0 Å². The molecule has 2 amide bonds. The van der Waals surface area contributed by atoms with Crippen molar-refractivity contribution in [1.29, 1.82) is 0 Å². The van der Waals surface area contributed by atoms with E-state index in [0.29, 0.717) is 13.2 Å². The largest absolute Gasteiger partial charge is 0.465 e. The summed E-state index contributed by atoms with van der Waals surface area (Å²) in [6.07, 6.45) is 7.59. The fraction of sp³-hybridized carbons (Fsp3) is 0.767. The molecule has 214 valence electrons. The third-order valence-electron chi connectivity index (χ3n) is 8.97. The zero-order valence-corrected chi connectivity index (χ0v) is 25.0. The van der Waals surface area contributed by atoms with Crippen molar-refractivity contribution in [3.63, 3.8) is 0 Å². The molecule has 3 saturated heterocycles. The molecule has 3 aliphatic rings. The average molecular weight is 549 g/mol. The van der Waals surface area contributed by atoms with Gasteiger partial charge in [0, 0.05) is 17.3 Å². The lowest BCUT2D eigenvalue weighted by molar-refractivity contribution is -0.155. The lowest BCUT2D eigenvalue weighted by atomic mass is 9.66. The number of hydrogen-bond donors (Lipinski definition) is 1. The second kappa shape index (κ2) is 12.2. The molecule has 8 atom stereocenters. The van der Waals surface area contributed by atoms with Crippen LogP contribution in [0.3, 0.4) is 0 Å². The number of carbonyl (C=O) groups excluding carboxylic acids is 3. The van der Waals surface area contributed by atoms with E-state index in [2.05, 4.69) is 20.1 Å². The molecule has 3 unspecified atom stereocenters. The van der Waals surface area contributed by atoms with Crippen LogP contribution in [-0.4, -0.2) is 80.1 Å². The van der Waals surface area contributed by atoms with Crippen molar-refractivity contribution in [3.05, 3.63) is 25.3 Å². The summed E-state index contributed by atoms with van der Waals surface area (Å²) in [7, 11) is 0. The average Bonchev–Trinajstić information content (AvgIpc) is 3.45. The Bertz CT molecular complexity index is 917. The topological polar surface area (TPSA) is 87.2 Å². The number of likely N-dealkylation sites (tertiary alicyclic amines) is 1. The van der Waals surface area contributed by atoms with Crippen LogP contribution in [-0.2, 0) is 19.1 Å². The van der Waals surface area contributed by atoms with E-state index in [4.69, 9.17) is 4.74 Å². The summed E-state index contributed by atoms with van der Waals surface area (Å²) in [5.41, 5.74) is -0.492. The first-order chi connectivity index (χ1) is 17.9. The molecule has 1 spiro atoms. The number of aliphatic hydroxyl groups is 1. The highest BCUT2D eigenvalue weighted by Crippen LogP contribution is 2.69. The first-order valence-corrected chi connectivity index (χ1v) is 15.1. The molecule has 0 aromatic heterocycles. The van der Waals surface area contributed by atoms with Gasteiger partial charge in [0.05, 0.1) is 35.8 Å². The lowest BCUT2D eigenvalue weighted by Gasteiger charge is -2.45. The van der Waals surface area contributed by atoms with Gasteiger partial charge in [-0.2, -0.15) is 0 Å². The number of thioether (sulfide) groups is 1. The van der Waals surface area contributed by atoms with E-state index in [0.717, 1.165) is 32.1 Å². The quantitative estimate of drug-likeness (QED) is 0.208. The Kier molecular flexibility index (Phi) is 9.83. The van der Waals surface area contributed by atoms with Gasteiger partial charge in [-0.3, -0.25) is 14.4 Å². The van der Waals surface area contributed by atoms with Gasteiger partial charge in [0.1, 0.15) is 6.04 Å². The van der Waals surface area contributed by atoms with Crippen molar-refractivity contribution in [1.82, 2.24) is 9.80 Å². The van der Waals surface area contributed by atoms with Crippen molar-refractivity contribution >= 4 is 29.5 Å². The van der Waals surface area contributed by atoms with Gasteiger partial charge in [0.2, 0.25) is 11.8 Å². The zero-order valence-electron chi connectivity index (χ0n) is 24.2. The molecule has 7 nitrogen and oxygen atoms in total. The van der Waals surface area contributed by atoms with E-state index in [9.17, 15) is 19.5 Å². The van der Waals surface area contributed by atoms with Crippen molar-refractivity contribution in [2.24, 2.45) is 23.7 Å². The highest BCUT2D eigenvalue weighted by Gasteiger charge is 2.77. The first-order valence-electron chi connectivity index (χ1n) is 14.2. The molecular formula is C30H48N2O5S. The minimum Gasteiger partial charge on any atom is -0.465 e. The van der Waals surface area contributed by atoms with Gasteiger partial charge >= 0.3 is 5.97 Å². The molecule has 0 aromatic rings. The summed E-state index contributed by atoms with van der Waals surface area (Å²) in [5, 5.41) is 10.5. The molecule has 3 aliphatic heterocycles. The summed E-state index contributed by atoms with van der Waals surface area (Å²) in [6, 6.07) is -1.27. The fourth-order valence-electron chi connectivity index (χ4n) is 6.81. The Labute approximate surface area is 233 Å². The molecule has 1 N–H and O–H groups in total. The second-order valence-electron chi connectivity index (χ2n) is 12.3. The maximum atomic E-state index is 14.6. The van der Waals surface area contributed by atoms with Crippen LogP contribution in [0.2, 0.25) is 0 Å². The highest BCUT2D eigenvalue weighted by molar-refractivity contribution is 8.02. The number of nitrogens with zero attached hydrogens (tertiary/aromatic N) is 2. The molecular weight excluding hydrogens is 500 g/mol. The molecule has 3 fully saturated rings. The number of ether oxygens (including phenoxy) is 1. The lowest BCUT2D eigenvalue weighted by Crippen LogP contribution is -2.62. The Balaban J connectivity index is 2.07. The van der Waals surface area contributed by atoms with Crippen molar-refractivity contribution in [2.45, 2.75) is 101 Å². The van der Waals surface area contributed by atoms with Gasteiger partial charge in [-0.15, -0.1) is 24.9 Å². The van der Waals surface area contributed by atoms with E-state index >= 15 is 0 Å². The summed E-state index contributed by atoms with van der Waals surface area (Å²) in [6.45, 7) is 20.1. The summed E-state index contributed by atoms with van der Waals surface area (Å²) in [4.78, 5) is 45.9. The normalized spacial score (nSPS) is 31.6. The SMILES string of the molecule is C=CCCCCOC(=O)[C@@H]1[C@@H]2CC(C)C3(S2)C(C(=O)N(CC=C)C(C)(C)C)N([C@@H](CO)[C@@H](C)CC)C(=O)[C@H]13. The van der Waals surface area contributed by atoms with E-state index < -0.39 is 34.2 Å². The monoisotopic (exact) mass is 548 g/mol. The van der Waals surface area contributed by atoms with Gasteiger partial charge in [-0.05, 0) is 58.3 Å². The van der Waals surface area contributed by atoms with Crippen LogP contribution in [0, 0.1) is 23.7 Å². The molecule has 2 bridgehead atoms. The summed E-state index contributed by atoms with van der Waals surface area (Å²) < 4.78 is 4.99. The second-order valence-corrected chi connectivity index (χ2v) is 13.8. The van der Waals surface area contributed by atoms with E-state index in [1.54, 1.807) is 27.6 Å². The van der Waals surface area contributed by atoms with Crippen molar-refractivity contribution in [3.8, 4) is 0 Å². The third-order valence-corrected chi connectivity index (χ3v) is 11.0. The number of aliphatic hydroxyl groups excluding tert-OH is 1. The number of allylic oxidation sites excluding steroid dienone is 1. The minimum absolute atomic E-state index is 0.00950. The Morgan fingerprint density at radius 3 is 2.53 bits per heavy atom. The van der Waals surface area contributed by atoms with Gasteiger partial charge in [-0.25, -0.2) is 0 Å². The number of amides is 2. The molecule has 3 rings (SSSR count). The van der Waals surface area contributed by atoms with E-state index in [-0.39, 0.29) is 41.5 Å². The number of unbranched alkanes of at least 4 members (excludes halogenated alkanes) is 2. The number of esters is 1. The van der Waals surface area contributed by atoms with Crippen molar-refractivity contribution in [2.75, 3.05) is 19.8 Å². The van der Waals surface area contributed by atoms with Crippen LogP contribution >= 0.6 is 11.8 Å². The number of hydrogen-bond acceptors (Lipinski definition) is 6. The van der Waals surface area contributed by atoms with Crippen molar-refractivity contribution < 1.29 is 24.2 Å². The number of carbonyl (C=O) groups is 3. The molecule has 0 saturated carbocycles. The number of fused-ring (bicyclic) bond motifs is 1. The van der Waals surface area contributed by atoms with Gasteiger partial charge < -0.3 is 19.6 Å². The Morgan fingerprint density at radius 2 is 1.97 bits per heavy atom. The maximum Gasteiger partial charge on any atom is 0.310 e. The summed E-state index contributed by atoms with van der Waals surface area (Å²) >= 11 is 1.65. The van der Waals surface area contributed by atoms with Gasteiger partial charge in [0.25, 0.3) is 0 Å². The Hall–Kier alpha value is -1.80. The molecule has 3 heterocycles. The smallest absolute Gasteiger partial charge is 0.310 e. The minimum atomic E-state index is -0.763. The Morgan fingerprint density at radius 1 is 1.29 bits per heavy atom. The maximum absolute atomic E-state index is 14.6. The summed E-state index contributed by atoms with van der Waals surface area (Å²) in [5.74, 6) is -1.82. The molecule has 0 aromatic carbocycles. The third kappa shape index (κ3) is 5.19. The van der Waals surface area contributed by atoms with Crippen LogP contribution in [0.5, 0.6) is 0 Å². The fourth-order valence-corrected chi connectivity index (χ4v) is 9.20. The highest BCUT2D eigenvalue weighted by atomic mass is 32.2. The first kappa shape index (κ1) is 30.7. The number of rotatable bonds is 13. The predicted octanol–water partition coefficient (Wildman–Crippen LogP) is 4.44. The van der Waals surface area contributed by atoms with Crippen LogP contribution in [0.4, 0.5) is 0 Å². The molecule has 0 aliphatic carbocycles. The molecule has 8 heteroatoms. The van der Waals surface area contributed by atoms with Crippen LogP contribution in [0.15, 0.2) is 25.3 Å². The van der Waals surface area contributed by atoms with E-state index in [1.165, 1.54) is 0 Å². The van der Waals surface area contributed by atoms with Crippen LogP contribution in [0.1, 0.15) is 73.6 Å². The zero-order chi connectivity index (χ0) is 28.4. The van der Waals surface area contributed by atoms with Gasteiger partial charge in [0.15, 0.2) is 0 Å². The molecule has 0 radical (unpaired) electrons. The van der Waals surface area contributed by atoms with E-state index in [1.807, 2.05) is 40.7 Å². The molecule has 38 heavy (non-hydrogen) atoms. The van der Waals surface area contributed by atoms with Crippen LogP contribution < -0.4 is 0 Å². The standard InChI is InChI=1S/C30H48N2O5S/c1-9-12-13-14-16-37-28(36)23-22-17-20(5)30(38-22)24(23)26(34)32(21(18-33)19(4)11-3)25(30)27(35)31(15-10-2)29(6,7)8/h9-10,19-25,33H,1-2,11-18H2,3-8H3/t19-,20?,21-,22-,23+,24-,25?,30?/m0/s1.